The van der Waals surface area contributed by atoms with E-state index < -0.39 is 0 Å². The fraction of sp³-hybridized carbons (Fsp3) is 0.440. The van der Waals surface area contributed by atoms with Crippen LogP contribution in [0, 0.1) is 17.2 Å². The number of rotatable bonds is 6. The molecule has 7 nitrogen and oxygen atoms in total. The number of carbonyl (C=O) groups is 1. The van der Waals surface area contributed by atoms with Gasteiger partial charge in [0, 0.05) is 30.7 Å². The minimum atomic E-state index is -0.250. The van der Waals surface area contributed by atoms with Gasteiger partial charge < -0.3 is 10.1 Å². The number of ether oxygens (including phenoxy) is 1. The second-order valence-corrected chi connectivity index (χ2v) is 10.2. The van der Waals surface area contributed by atoms with Crippen molar-refractivity contribution < 1.29 is 9.53 Å². The topological polar surface area (TPSA) is 92.8 Å². The fourth-order valence-corrected chi connectivity index (χ4v) is 4.80. The highest BCUT2D eigenvalue weighted by Gasteiger charge is 2.25. The molecule has 0 unspecified atom stereocenters. The minimum Gasteiger partial charge on any atom is -0.381 e. The molecule has 1 amide bonds. The molecule has 1 N–H and O–H groups in total. The van der Waals surface area contributed by atoms with E-state index in [2.05, 4.69) is 37.3 Å². The van der Waals surface area contributed by atoms with Crippen molar-refractivity contribution in [3.05, 3.63) is 47.1 Å². The number of aromatic nitrogens is 3. The maximum absolute atomic E-state index is 12.5. The van der Waals surface area contributed by atoms with Crippen LogP contribution in [-0.2, 0) is 21.5 Å². The molecule has 0 atom stereocenters. The zero-order valence-electron chi connectivity index (χ0n) is 19.3. The molecule has 1 aromatic carbocycles. The summed E-state index contributed by atoms with van der Waals surface area (Å²) in [4.78, 5) is 17.2. The van der Waals surface area contributed by atoms with E-state index in [0.717, 1.165) is 53.6 Å². The molecule has 0 aliphatic carbocycles. The molecule has 0 bridgehead atoms. The van der Waals surface area contributed by atoms with Gasteiger partial charge in [-0.15, -0.1) is 11.3 Å². The average Bonchev–Trinajstić information content (AvgIpc) is 3.45. The predicted octanol–water partition coefficient (Wildman–Crippen LogP) is 4.39. The smallest absolute Gasteiger partial charge is 0.226 e. The van der Waals surface area contributed by atoms with Crippen LogP contribution >= 0.6 is 11.3 Å². The number of carbonyl (C=O) groups excluding carboxylic acids is 1. The van der Waals surface area contributed by atoms with Gasteiger partial charge in [0.25, 0.3) is 0 Å². The van der Waals surface area contributed by atoms with Crippen LogP contribution in [0.25, 0.3) is 21.8 Å². The Bertz CT molecular complexity index is 1160. The first-order chi connectivity index (χ1) is 15.8. The molecule has 3 heterocycles. The molecule has 1 aliphatic rings. The number of hydrogen-bond donors (Lipinski definition) is 1. The number of nitriles is 1. The molecule has 1 fully saturated rings. The molecule has 1 aliphatic heterocycles. The summed E-state index contributed by atoms with van der Waals surface area (Å²) < 4.78 is 7.35. The van der Waals surface area contributed by atoms with E-state index in [9.17, 15) is 10.1 Å². The number of nitrogens with zero attached hydrogens (tertiary/aromatic N) is 4. The van der Waals surface area contributed by atoms with Crippen molar-refractivity contribution in [2.75, 3.05) is 19.8 Å². The van der Waals surface area contributed by atoms with E-state index in [-0.39, 0.29) is 17.9 Å². The van der Waals surface area contributed by atoms with Crippen molar-refractivity contribution in [1.82, 2.24) is 20.1 Å². The molecule has 0 saturated carbocycles. The third-order valence-corrected chi connectivity index (χ3v) is 6.65. The molecule has 8 heteroatoms. The summed E-state index contributed by atoms with van der Waals surface area (Å²) >= 11 is 1.51. The first kappa shape index (κ1) is 23.1. The monoisotopic (exact) mass is 463 g/mol. The molecule has 1 saturated heterocycles. The van der Waals surface area contributed by atoms with E-state index in [1.807, 2.05) is 34.5 Å². The van der Waals surface area contributed by atoms with Crippen LogP contribution in [0.15, 0.2) is 35.8 Å². The maximum Gasteiger partial charge on any atom is 0.226 e. The van der Waals surface area contributed by atoms with E-state index in [1.165, 1.54) is 11.3 Å². The normalized spacial score (nSPS) is 14.7. The van der Waals surface area contributed by atoms with Gasteiger partial charge in [-0.25, -0.2) is 4.98 Å². The highest BCUT2D eigenvalue weighted by Crippen LogP contribution is 2.37. The Kier molecular flexibility index (Phi) is 6.91. The van der Waals surface area contributed by atoms with Crippen LogP contribution < -0.4 is 5.32 Å². The highest BCUT2D eigenvalue weighted by molar-refractivity contribution is 7.13. The predicted molar refractivity (Wildman–Crippen MR) is 129 cm³/mol. The second-order valence-electron chi connectivity index (χ2n) is 9.36. The van der Waals surface area contributed by atoms with Gasteiger partial charge in [-0.2, -0.15) is 10.4 Å². The Morgan fingerprint density at radius 1 is 1.33 bits per heavy atom. The van der Waals surface area contributed by atoms with Crippen molar-refractivity contribution in [3.63, 3.8) is 0 Å². The maximum atomic E-state index is 12.5. The van der Waals surface area contributed by atoms with Crippen LogP contribution in [0.2, 0.25) is 0 Å². The quantitative estimate of drug-likeness (QED) is 0.585. The number of nitrogens with one attached hydrogen (secondary N) is 1. The molecule has 0 radical (unpaired) electrons. The lowest BCUT2D eigenvalue weighted by atomic mass is 10.0. The Balaban J connectivity index is 1.55. The lowest BCUT2D eigenvalue weighted by molar-refractivity contribution is -0.120. The average molecular weight is 464 g/mol. The van der Waals surface area contributed by atoms with Crippen LogP contribution in [0.1, 0.15) is 44.9 Å². The van der Waals surface area contributed by atoms with Crippen LogP contribution in [0.4, 0.5) is 0 Å². The van der Waals surface area contributed by atoms with Gasteiger partial charge >= 0.3 is 0 Å². The van der Waals surface area contributed by atoms with E-state index >= 15 is 0 Å². The lowest BCUT2D eigenvalue weighted by Gasteiger charge is -2.23. The molecular weight excluding hydrogens is 434 g/mol. The first-order valence-electron chi connectivity index (χ1n) is 11.2. The van der Waals surface area contributed by atoms with Gasteiger partial charge in [0.2, 0.25) is 5.91 Å². The number of amides is 1. The molecule has 3 aromatic rings. The summed E-state index contributed by atoms with van der Waals surface area (Å²) in [5, 5.41) is 19.8. The summed E-state index contributed by atoms with van der Waals surface area (Å²) in [5.41, 5.74) is 3.84. The van der Waals surface area contributed by atoms with Crippen LogP contribution in [0.3, 0.4) is 0 Å². The van der Waals surface area contributed by atoms with E-state index in [0.29, 0.717) is 18.0 Å². The summed E-state index contributed by atoms with van der Waals surface area (Å²) in [6.07, 6.45) is 4.07. The molecule has 0 spiro atoms. The second kappa shape index (κ2) is 9.86. The first-order valence-corrected chi connectivity index (χ1v) is 12.1. The zero-order chi connectivity index (χ0) is 23.4. The van der Waals surface area contributed by atoms with Crippen molar-refractivity contribution in [3.8, 4) is 27.9 Å². The lowest BCUT2D eigenvalue weighted by Crippen LogP contribution is -2.33. The van der Waals surface area contributed by atoms with Gasteiger partial charge in [-0.05, 0) is 51.7 Å². The van der Waals surface area contributed by atoms with Crippen LogP contribution in [0.5, 0.6) is 0 Å². The van der Waals surface area contributed by atoms with Crippen molar-refractivity contribution in [2.45, 2.75) is 45.6 Å². The Morgan fingerprint density at radius 3 is 2.85 bits per heavy atom. The SMILES string of the molecule is CC(C)(C)n1ncc(-c2nc(CC(=O)NCC3CCOCC3)cs2)c1-c1cccc(C#N)c1. The summed E-state index contributed by atoms with van der Waals surface area (Å²) in [6, 6.07) is 9.75. The summed E-state index contributed by atoms with van der Waals surface area (Å²) in [6.45, 7) is 8.53. The van der Waals surface area contributed by atoms with Gasteiger partial charge in [-0.3, -0.25) is 9.48 Å². The Hall–Kier alpha value is -3.02. The third-order valence-electron chi connectivity index (χ3n) is 5.72. The van der Waals surface area contributed by atoms with E-state index in [1.54, 1.807) is 6.07 Å². The van der Waals surface area contributed by atoms with E-state index in [4.69, 9.17) is 9.72 Å². The Morgan fingerprint density at radius 2 is 2.12 bits per heavy atom. The third kappa shape index (κ3) is 5.49. The number of thiazole rings is 1. The molecule has 4 rings (SSSR count). The summed E-state index contributed by atoms with van der Waals surface area (Å²) in [7, 11) is 0. The van der Waals surface area contributed by atoms with Gasteiger partial charge in [0.05, 0.1) is 46.7 Å². The van der Waals surface area contributed by atoms with Gasteiger partial charge in [0.1, 0.15) is 5.01 Å². The fourth-order valence-electron chi connectivity index (χ4n) is 3.97. The largest absolute Gasteiger partial charge is 0.381 e. The Labute approximate surface area is 198 Å². The zero-order valence-corrected chi connectivity index (χ0v) is 20.1. The minimum absolute atomic E-state index is 0.00864. The summed E-state index contributed by atoms with van der Waals surface area (Å²) in [5.74, 6) is 0.481. The van der Waals surface area contributed by atoms with Crippen LogP contribution in [-0.4, -0.2) is 40.4 Å². The number of benzene rings is 1. The standard InChI is InChI=1S/C25H29N5O2S/c1-25(2,3)30-23(19-6-4-5-18(11-19)13-26)21(15-28-30)24-29-20(16-33-24)12-22(31)27-14-17-7-9-32-10-8-17/h4-6,11,15-17H,7-10,12,14H2,1-3H3,(H,27,31). The number of hydrogen-bond acceptors (Lipinski definition) is 6. The van der Waals surface area contributed by atoms with Gasteiger partial charge in [-0.1, -0.05) is 12.1 Å². The van der Waals surface area contributed by atoms with Gasteiger partial charge in [0.15, 0.2) is 0 Å². The molecular formula is C25H29N5O2S. The van der Waals surface area contributed by atoms with Crippen molar-refractivity contribution in [2.24, 2.45) is 5.92 Å². The highest BCUT2D eigenvalue weighted by atomic mass is 32.1. The molecule has 172 valence electrons. The van der Waals surface area contributed by atoms with Crippen molar-refractivity contribution in [1.29, 1.82) is 5.26 Å². The molecule has 2 aromatic heterocycles. The van der Waals surface area contributed by atoms with Crippen molar-refractivity contribution >= 4 is 17.2 Å². The molecule has 33 heavy (non-hydrogen) atoms.